The summed E-state index contributed by atoms with van der Waals surface area (Å²) in [5, 5.41) is 0.625. The zero-order chi connectivity index (χ0) is 21.4. The Balaban J connectivity index is 2.41. The molecule has 0 bridgehead atoms. The van der Waals surface area contributed by atoms with Gasteiger partial charge in [-0.05, 0) is 22.9 Å². The third-order valence-corrected chi connectivity index (χ3v) is 7.55. The van der Waals surface area contributed by atoms with Gasteiger partial charge < -0.3 is 0 Å². The first-order chi connectivity index (χ1) is 13.4. The van der Waals surface area contributed by atoms with Crippen LogP contribution in [-0.2, 0) is 34.6 Å². The number of hydrogen-bond acceptors (Lipinski definition) is 8. The average molecular weight is 457 g/mol. The molecule has 0 atom stereocenters. The second-order valence-electron chi connectivity index (χ2n) is 6.18. The monoisotopic (exact) mass is 457 g/mol. The maximum absolute atomic E-state index is 12.3. The van der Waals surface area contributed by atoms with Crippen LogP contribution in [-0.4, -0.2) is 34.4 Å². The summed E-state index contributed by atoms with van der Waals surface area (Å²) < 4.78 is 95.2. The average Bonchev–Trinajstić information content (AvgIpc) is 2.63. The fourth-order valence-electron chi connectivity index (χ4n) is 3.50. The van der Waals surface area contributed by atoms with E-state index in [-0.39, 0.29) is 26.9 Å². The highest BCUT2D eigenvalue weighted by Gasteiger charge is 2.27. The van der Waals surface area contributed by atoms with Gasteiger partial charge in [0.25, 0.3) is 20.2 Å². The Hall–Kier alpha value is -2.39. The minimum Gasteiger partial charge on any atom is -0.282 e. The van der Waals surface area contributed by atoms with E-state index in [1.54, 1.807) is 0 Å². The second kappa shape index (κ2) is 6.06. The molecule has 0 aliphatic rings. The van der Waals surface area contributed by atoms with Crippen LogP contribution >= 0.6 is 0 Å². The molecule has 152 valence electrons. The highest BCUT2D eigenvalue weighted by atomic mass is 32.2. The van der Waals surface area contributed by atoms with E-state index in [1.807, 2.05) is 0 Å². The molecule has 10 nitrogen and oxygen atoms in total. The van der Waals surface area contributed by atoms with Crippen molar-refractivity contribution < 1.29 is 38.6 Å². The zero-order valence-corrected chi connectivity index (χ0v) is 16.5. The van der Waals surface area contributed by atoms with Crippen LogP contribution in [0.25, 0.3) is 32.3 Å². The van der Waals surface area contributed by atoms with E-state index in [2.05, 4.69) is 4.28 Å². The Bertz CT molecular complexity index is 1640. The lowest BCUT2D eigenvalue weighted by Crippen LogP contribution is -2.13. The Morgan fingerprint density at radius 2 is 1.14 bits per heavy atom. The second-order valence-corrected chi connectivity index (χ2v) is 10.5. The molecule has 0 heterocycles. The number of hydrogen-bond donors (Lipinski definition) is 3. The van der Waals surface area contributed by atoms with Gasteiger partial charge >= 0.3 is 10.1 Å². The topological polar surface area (TPSA) is 178 Å². The van der Waals surface area contributed by atoms with Crippen LogP contribution < -0.4 is 5.90 Å². The van der Waals surface area contributed by atoms with E-state index < -0.39 is 45.0 Å². The largest absolute Gasteiger partial charge is 0.313 e. The van der Waals surface area contributed by atoms with Gasteiger partial charge in [-0.1, -0.05) is 30.3 Å². The molecule has 0 fully saturated rings. The van der Waals surface area contributed by atoms with E-state index >= 15 is 0 Å². The standard InChI is InChI=1S/C16H11NO9S3/c17-26-29(24,25)14-7-13(28(21,22)23)10-5-4-9-12(27(18,19)20)6-2-8-1-3-11(14)16(10)15(8)9/h1-7H,17H2,(H,18,19,20)(H,21,22,23). The van der Waals surface area contributed by atoms with Crippen LogP contribution in [0.5, 0.6) is 0 Å². The normalized spacial score (nSPS) is 13.6. The first-order valence-electron chi connectivity index (χ1n) is 7.69. The Morgan fingerprint density at radius 3 is 1.69 bits per heavy atom. The summed E-state index contributed by atoms with van der Waals surface area (Å²) in [7, 11) is -14.1. The number of benzene rings is 4. The molecular weight excluding hydrogens is 446 g/mol. The van der Waals surface area contributed by atoms with Crippen LogP contribution in [0.3, 0.4) is 0 Å². The first-order valence-corrected chi connectivity index (χ1v) is 12.0. The lowest BCUT2D eigenvalue weighted by molar-refractivity contribution is 0.333. The van der Waals surface area contributed by atoms with Crippen molar-refractivity contribution in [2.24, 2.45) is 5.90 Å². The summed E-state index contributed by atoms with van der Waals surface area (Å²) in [6.45, 7) is 0. The van der Waals surface area contributed by atoms with E-state index in [1.165, 1.54) is 36.4 Å². The molecule has 0 unspecified atom stereocenters. The molecule has 4 aromatic carbocycles. The van der Waals surface area contributed by atoms with Crippen LogP contribution in [0, 0.1) is 0 Å². The molecule has 0 aliphatic carbocycles. The van der Waals surface area contributed by atoms with Crippen molar-refractivity contribution in [1.82, 2.24) is 0 Å². The summed E-state index contributed by atoms with van der Waals surface area (Å²) in [6, 6.07) is 8.58. The van der Waals surface area contributed by atoms with E-state index in [0.29, 0.717) is 11.5 Å². The number of nitrogens with two attached hydrogens (primary N) is 1. The maximum Gasteiger partial charge on any atom is 0.313 e. The molecular formula is C16H11NO9S3. The minimum absolute atomic E-state index is 0.0107. The van der Waals surface area contributed by atoms with Gasteiger partial charge in [0.15, 0.2) is 0 Å². The molecule has 0 aliphatic heterocycles. The Kier molecular flexibility index (Phi) is 4.16. The summed E-state index contributed by atoms with van der Waals surface area (Å²) in [5.41, 5.74) is 0. The van der Waals surface area contributed by atoms with Gasteiger partial charge in [-0.25, -0.2) is 0 Å². The molecule has 4 rings (SSSR count). The van der Waals surface area contributed by atoms with E-state index in [9.17, 15) is 34.4 Å². The van der Waals surface area contributed by atoms with Crippen LogP contribution in [0.4, 0.5) is 0 Å². The first kappa shape index (κ1) is 19.9. The summed E-state index contributed by atoms with van der Waals surface area (Å²) >= 11 is 0. The molecule has 0 spiro atoms. The summed E-state index contributed by atoms with van der Waals surface area (Å²) in [5.74, 6) is 4.84. The molecule has 13 heteroatoms. The highest BCUT2D eigenvalue weighted by molar-refractivity contribution is 7.87. The molecule has 0 radical (unpaired) electrons. The van der Waals surface area contributed by atoms with Gasteiger partial charge in [-0.3, -0.25) is 9.11 Å². The third-order valence-electron chi connectivity index (χ3n) is 4.62. The quantitative estimate of drug-likeness (QED) is 0.232. The fourth-order valence-corrected chi connectivity index (χ4v) is 5.79. The van der Waals surface area contributed by atoms with Crippen molar-refractivity contribution >= 4 is 62.7 Å². The van der Waals surface area contributed by atoms with Crippen molar-refractivity contribution in [1.29, 1.82) is 0 Å². The molecule has 0 amide bonds. The van der Waals surface area contributed by atoms with Crippen molar-refractivity contribution in [3.05, 3.63) is 42.5 Å². The Morgan fingerprint density at radius 1 is 0.655 bits per heavy atom. The van der Waals surface area contributed by atoms with Gasteiger partial charge in [0.1, 0.15) is 14.7 Å². The van der Waals surface area contributed by atoms with Crippen LogP contribution in [0.15, 0.2) is 57.2 Å². The van der Waals surface area contributed by atoms with Crippen LogP contribution in [0.1, 0.15) is 0 Å². The van der Waals surface area contributed by atoms with Gasteiger partial charge in [0, 0.05) is 21.5 Å². The zero-order valence-electron chi connectivity index (χ0n) is 14.1. The van der Waals surface area contributed by atoms with E-state index in [4.69, 9.17) is 5.90 Å². The van der Waals surface area contributed by atoms with Crippen molar-refractivity contribution in [2.75, 3.05) is 0 Å². The van der Waals surface area contributed by atoms with Crippen molar-refractivity contribution in [2.45, 2.75) is 14.7 Å². The van der Waals surface area contributed by atoms with Gasteiger partial charge in [-0.15, -0.1) is 0 Å². The number of rotatable bonds is 4. The molecule has 0 saturated heterocycles. The maximum atomic E-state index is 12.3. The minimum atomic E-state index is -4.89. The molecule has 0 saturated carbocycles. The Labute approximate surface area is 164 Å². The van der Waals surface area contributed by atoms with Crippen molar-refractivity contribution in [3.63, 3.8) is 0 Å². The van der Waals surface area contributed by atoms with Gasteiger partial charge in [0.2, 0.25) is 0 Å². The lowest BCUT2D eigenvalue weighted by atomic mass is 9.94. The van der Waals surface area contributed by atoms with E-state index in [0.717, 1.165) is 0 Å². The molecule has 29 heavy (non-hydrogen) atoms. The molecule has 0 aromatic heterocycles. The van der Waals surface area contributed by atoms with Gasteiger partial charge in [-0.2, -0.15) is 35.4 Å². The third kappa shape index (κ3) is 2.95. The SMILES string of the molecule is NOS(=O)(=O)c1cc(S(=O)(=O)O)c2ccc3c(S(=O)(=O)O)ccc4ccc1c2c43. The molecule has 4 N–H and O–H groups in total. The van der Waals surface area contributed by atoms with Crippen molar-refractivity contribution in [3.8, 4) is 0 Å². The predicted molar refractivity (Wildman–Crippen MR) is 102 cm³/mol. The smallest absolute Gasteiger partial charge is 0.282 e. The highest BCUT2D eigenvalue weighted by Crippen LogP contribution is 2.42. The van der Waals surface area contributed by atoms with Gasteiger partial charge in [0.05, 0.1) is 0 Å². The molecule has 4 aromatic rings. The summed E-state index contributed by atoms with van der Waals surface area (Å²) in [6.07, 6.45) is 0. The lowest BCUT2D eigenvalue weighted by Gasteiger charge is -2.16. The summed E-state index contributed by atoms with van der Waals surface area (Å²) in [4.78, 5) is -1.81. The predicted octanol–water partition coefficient (Wildman–Crippen LogP) is 1.66. The fraction of sp³-hybridized carbons (Fsp3) is 0. The van der Waals surface area contributed by atoms with Crippen LogP contribution in [0.2, 0.25) is 0 Å².